The van der Waals surface area contributed by atoms with Gasteiger partial charge in [0.05, 0.1) is 0 Å². The second-order valence-electron chi connectivity index (χ2n) is 7.51. The maximum Gasteiger partial charge on any atom is 0.410 e. The number of nitrogens with zero attached hydrogens (tertiary/aromatic N) is 4. The van der Waals surface area contributed by atoms with E-state index in [0.29, 0.717) is 13.1 Å². The molecule has 1 N–H and O–H groups in total. The van der Waals surface area contributed by atoms with Crippen LogP contribution in [0.3, 0.4) is 0 Å². The minimum Gasteiger partial charge on any atom is -0.444 e. The van der Waals surface area contributed by atoms with E-state index in [1.54, 1.807) is 11.2 Å². The molecule has 0 unspecified atom stereocenters. The highest BCUT2D eigenvalue weighted by Gasteiger charge is 2.30. The third-order valence-corrected chi connectivity index (χ3v) is 4.27. The topological polar surface area (TPSA) is 70.6 Å². The highest BCUT2D eigenvalue weighted by atomic mass is 16.6. The lowest BCUT2D eigenvalue weighted by atomic mass is 10.2. The average Bonchev–Trinajstić information content (AvgIpc) is 3.17. The van der Waals surface area contributed by atoms with Gasteiger partial charge in [-0.05, 0) is 40.0 Å². The van der Waals surface area contributed by atoms with E-state index < -0.39 is 5.60 Å². The number of carbonyl (C=O) groups is 1. The fourth-order valence-corrected chi connectivity index (χ4v) is 3.12. The molecule has 7 nitrogen and oxygen atoms in total. The van der Waals surface area contributed by atoms with Crippen LogP contribution in [0, 0.1) is 0 Å². The molecule has 0 bridgehead atoms. The Hall–Kier alpha value is -2.05. The first kappa shape index (κ1) is 16.8. The summed E-state index contributed by atoms with van der Waals surface area (Å²) < 4.78 is 5.43. The lowest BCUT2D eigenvalue weighted by Gasteiger charge is -2.24. The molecular weight excluding hydrogens is 306 g/mol. The molecular formula is C17H27N5O2. The van der Waals surface area contributed by atoms with Crippen molar-refractivity contribution in [3.05, 3.63) is 12.4 Å². The van der Waals surface area contributed by atoms with Crippen LogP contribution in [-0.2, 0) is 4.74 Å². The summed E-state index contributed by atoms with van der Waals surface area (Å²) in [5, 5.41) is 3.43. The maximum atomic E-state index is 12.1. The van der Waals surface area contributed by atoms with E-state index in [-0.39, 0.29) is 12.1 Å². The number of likely N-dealkylation sites (tertiary alicyclic amines) is 1. The fourth-order valence-electron chi connectivity index (χ4n) is 3.12. The van der Waals surface area contributed by atoms with Crippen LogP contribution in [0.5, 0.6) is 0 Å². The highest BCUT2D eigenvalue weighted by Crippen LogP contribution is 2.22. The summed E-state index contributed by atoms with van der Waals surface area (Å²) in [4.78, 5) is 24.9. The standard InChI is InChI=1S/C17H27N5O2/c1-17(2,3)24-16(23)22-9-6-13(11-22)20-14-10-15(19-12-18-14)21-7-4-5-8-21/h10,12-13H,4-9,11H2,1-3H3,(H,18,19,20)/t13-/m1/s1. The van der Waals surface area contributed by atoms with Gasteiger partial charge in [-0.15, -0.1) is 0 Å². The first-order chi connectivity index (χ1) is 11.4. The van der Waals surface area contributed by atoms with Gasteiger partial charge in [-0.2, -0.15) is 0 Å². The summed E-state index contributed by atoms with van der Waals surface area (Å²) in [7, 11) is 0. The van der Waals surface area contributed by atoms with E-state index >= 15 is 0 Å². The van der Waals surface area contributed by atoms with E-state index in [1.165, 1.54) is 12.8 Å². The largest absolute Gasteiger partial charge is 0.444 e. The second-order valence-corrected chi connectivity index (χ2v) is 7.51. The highest BCUT2D eigenvalue weighted by molar-refractivity contribution is 5.68. The smallest absolute Gasteiger partial charge is 0.410 e. The number of anilines is 2. The van der Waals surface area contributed by atoms with Crippen LogP contribution in [0.1, 0.15) is 40.0 Å². The molecule has 24 heavy (non-hydrogen) atoms. The Kier molecular flexibility index (Phi) is 4.78. The minimum atomic E-state index is -0.458. The zero-order valence-corrected chi connectivity index (χ0v) is 14.8. The van der Waals surface area contributed by atoms with E-state index in [1.807, 2.05) is 26.8 Å². The van der Waals surface area contributed by atoms with Gasteiger partial charge in [0, 0.05) is 38.3 Å². The third kappa shape index (κ3) is 4.27. The number of hydrogen-bond donors (Lipinski definition) is 1. The number of aromatic nitrogens is 2. The fraction of sp³-hybridized carbons (Fsp3) is 0.706. The van der Waals surface area contributed by atoms with Crippen molar-refractivity contribution >= 4 is 17.7 Å². The normalized spacial score (nSPS) is 21.2. The third-order valence-electron chi connectivity index (χ3n) is 4.27. The predicted molar refractivity (Wildman–Crippen MR) is 93.3 cm³/mol. The van der Waals surface area contributed by atoms with E-state index in [4.69, 9.17) is 4.74 Å². The molecule has 2 aliphatic heterocycles. The Labute approximate surface area is 143 Å². The monoisotopic (exact) mass is 333 g/mol. The van der Waals surface area contributed by atoms with Crippen LogP contribution in [0.15, 0.2) is 12.4 Å². The Morgan fingerprint density at radius 2 is 2.00 bits per heavy atom. The molecule has 3 rings (SSSR count). The van der Waals surface area contributed by atoms with E-state index in [9.17, 15) is 4.79 Å². The molecule has 1 aromatic rings. The van der Waals surface area contributed by atoms with Gasteiger partial charge < -0.3 is 19.9 Å². The summed E-state index contributed by atoms with van der Waals surface area (Å²) in [5.74, 6) is 1.80. The molecule has 2 saturated heterocycles. The number of carbonyl (C=O) groups excluding carboxylic acids is 1. The van der Waals surface area contributed by atoms with E-state index in [2.05, 4.69) is 20.2 Å². The van der Waals surface area contributed by atoms with Crippen LogP contribution in [0.4, 0.5) is 16.4 Å². The number of hydrogen-bond acceptors (Lipinski definition) is 6. The number of amides is 1. The molecule has 0 radical (unpaired) electrons. The van der Waals surface area contributed by atoms with Gasteiger partial charge in [-0.1, -0.05) is 0 Å². The second kappa shape index (κ2) is 6.83. The van der Waals surface area contributed by atoms with Gasteiger partial charge in [0.25, 0.3) is 0 Å². The minimum absolute atomic E-state index is 0.193. The predicted octanol–water partition coefficient (Wildman–Crippen LogP) is 2.50. The van der Waals surface area contributed by atoms with Crippen molar-refractivity contribution in [3.63, 3.8) is 0 Å². The number of nitrogens with one attached hydrogen (secondary N) is 1. The molecule has 0 saturated carbocycles. The number of ether oxygens (including phenoxy) is 1. The van der Waals surface area contributed by atoms with Gasteiger partial charge in [0.2, 0.25) is 0 Å². The molecule has 1 amide bonds. The van der Waals surface area contributed by atoms with Crippen LogP contribution >= 0.6 is 0 Å². The first-order valence-corrected chi connectivity index (χ1v) is 8.72. The zero-order chi connectivity index (χ0) is 17.2. The Morgan fingerprint density at radius 1 is 1.25 bits per heavy atom. The Bertz CT molecular complexity index is 581. The molecule has 1 atom stereocenters. The van der Waals surface area contributed by atoms with Crippen LogP contribution in [0.2, 0.25) is 0 Å². The van der Waals surface area contributed by atoms with Crippen LogP contribution in [-0.4, -0.2) is 58.8 Å². The van der Waals surface area contributed by atoms with Crippen molar-refractivity contribution in [1.29, 1.82) is 0 Å². The zero-order valence-electron chi connectivity index (χ0n) is 14.8. The first-order valence-electron chi connectivity index (χ1n) is 8.72. The van der Waals surface area contributed by atoms with Crippen molar-refractivity contribution in [2.75, 3.05) is 36.4 Å². The molecule has 7 heteroatoms. The van der Waals surface area contributed by atoms with Gasteiger partial charge in [0.15, 0.2) is 0 Å². The summed E-state index contributed by atoms with van der Waals surface area (Å²) in [6.07, 6.45) is 4.70. The molecule has 132 valence electrons. The van der Waals surface area contributed by atoms with Crippen molar-refractivity contribution in [3.8, 4) is 0 Å². The molecule has 0 spiro atoms. The van der Waals surface area contributed by atoms with Crippen LogP contribution in [0.25, 0.3) is 0 Å². The van der Waals surface area contributed by atoms with Crippen LogP contribution < -0.4 is 10.2 Å². The molecule has 2 fully saturated rings. The summed E-state index contributed by atoms with van der Waals surface area (Å²) in [5.41, 5.74) is -0.458. The summed E-state index contributed by atoms with van der Waals surface area (Å²) in [6, 6.07) is 2.19. The van der Waals surface area contributed by atoms with E-state index in [0.717, 1.165) is 31.1 Å². The number of rotatable bonds is 3. The quantitative estimate of drug-likeness (QED) is 0.916. The lowest BCUT2D eigenvalue weighted by Crippen LogP contribution is -2.36. The SMILES string of the molecule is CC(C)(C)OC(=O)N1CC[C@@H](Nc2cc(N3CCCC3)ncn2)C1. The summed E-state index contributed by atoms with van der Waals surface area (Å²) >= 11 is 0. The van der Waals surface area contributed by atoms with Gasteiger partial charge >= 0.3 is 6.09 Å². The average molecular weight is 333 g/mol. The molecule has 2 aliphatic rings. The molecule has 1 aromatic heterocycles. The molecule has 0 aromatic carbocycles. The van der Waals surface area contributed by atoms with Crippen molar-refractivity contribution in [2.24, 2.45) is 0 Å². The van der Waals surface area contributed by atoms with Crippen molar-refractivity contribution in [1.82, 2.24) is 14.9 Å². The summed E-state index contributed by atoms with van der Waals surface area (Å²) in [6.45, 7) is 9.12. The van der Waals surface area contributed by atoms with Crippen molar-refractivity contribution < 1.29 is 9.53 Å². The van der Waals surface area contributed by atoms with Gasteiger partial charge in [-0.3, -0.25) is 0 Å². The Morgan fingerprint density at radius 3 is 2.71 bits per heavy atom. The van der Waals surface area contributed by atoms with Gasteiger partial charge in [-0.25, -0.2) is 14.8 Å². The molecule has 0 aliphatic carbocycles. The molecule has 3 heterocycles. The van der Waals surface area contributed by atoms with Crippen molar-refractivity contribution in [2.45, 2.75) is 51.7 Å². The maximum absolute atomic E-state index is 12.1. The Balaban J connectivity index is 1.55. The lowest BCUT2D eigenvalue weighted by molar-refractivity contribution is 0.0293. The van der Waals surface area contributed by atoms with Gasteiger partial charge in [0.1, 0.15) is 23.6 Å².